The zero-order chi connectivity index (χ0) is 20.1. The molecule has 0 spiro atoms. The summed E-state index contributed by atoms with van der Waals surface area (Å²) in [6, 6.07) is 4.21. The standard InChI is InChI=1S/C17H21ClN4O3S3/c1-2-10-26-17-20-16(27-21-17)19-15(23)13-11-12(6-7-14(13)18)28(24,25)22-8-4-3-5-9-22/h6-7,11H,2-5,8-10H2,1H3,(H,19,20,21,23). The van der Waals surface area contributed by atoms with E-state index in [-0.39, 0.29) is 15.5 Å². The van der Waals surface area contributed by atoms with Crippen molar-refractivity contribution in [2.24, 2.45) is 0 Å². The van der Waals surface area contributed by atoms with Crippen molar-refractivity contribution in [2.45, 2.75) is 42.7 Å². The van der Waals surface area contributed by atoms with Gasteiger partial charge in [-0.15, -0.1) is 0 Å². The van der Waals surface area contributed by atoms with Crippen molar-refractivity contribution < 1.29 is 13.2 Å². The van der Waals surface area contributed by atoms with Gasteiger partial charge in [-0.25, -0.2) is 8.42 Å². The van der Waals surface area contributed by atoms with E-state index in [1.54, 1.807) is 0 Å². The van der Waals surface area contributed by atoms with E-state index in [1.807, 2.05) is 0 Å². The normalized spacial score (nSPS) is 15.5. The van der Waals surface area contributed by atoms with Crippen molar-refractivity contribution in [3.63, 3.8) is 0 Å². The van der Waals surface area contributed by atoms with Gasteiger partial charge in [-0.2, -0.15) is 13.7 Å². The molecule has 1 aromatic heterocycles. The summed E-state index contributed by atoms with van der Waals surface area (Å²) in [5, 5.41) is 3.79. The Balaban J connectivity index is 1.79. The van der Waals surface area contributed by atoms with Gasteiger partial charge in [0.25, 0.3) is 5.91 Å². The molecule has 1 aliphatic rings. The highest BCUT2D eigenvalue weighted by atomic mass is 35.5. The van der Waals surface area contributed by atoms with Crippen LogP contribution in [-0.2, 0) is 10.0 Å². The SMILES string of the molecule is CCCSc1nsc(NC(=O)c2cc(S(=O)(=O)N3CCCCC3)ccc2Cl)n1. The van der Waals surface area contributed by atoms with E-state index in [1.165, 1.54) is 34.3 Å². The highest BCUT2D eigenvalue weighted by Gasteiger charge is 2.27. The van der Waals surface area contributed by atoms with Gasteiger partial charge in [0.05, 0.1) is 15.5 Å². The average molecular weight is 461 g/mol. The molecule has 0 saturated carbocycles. The van der Waals surface area contributed by atoms with Crippen LogP contribution in [-0.4, -0.2) is 46.8 Å². The first-order chi connectivity index (χ1) is 13.4. The molecule has 1 amide bonds. The second-order valence-corrected chi connectivity index (χ2v) is 10.5. The minimum atomic E-state index is -3.65. The number of nitrogens with one attached hydrogen (secondary N) is 1. The van der Waals surface area contributed by atoms with Gasteiger partial charge in [-0.1, -0.05) is 36.7 Å². The van der Waals surface area contributed by atoms with Crippen molar-refractivity contribution in [1.82, 2.24) is 13.7 Å². The Morgan fingerprint density at radius 1 is 1.32 bits per heavy atom. The first-order valence-electron chi connectivity index (χ1n) is 8.99. The van der Waals surface area contributed by atoms with Crippen LogP contribution in [0, 0.1) is 0 Å². The highest BCUT2D eigenvalue weighted by Crippen LogP contribution is 2.26. The van der Waals surface area contributed by atoms with Gasteiger partial charge in [0.1, 0.15) is 0 Å². The predicted molar refractivity (Wildman–Crippen MR) is 113 cm³/mol. The van der Waals surface area contributed by atoms with Crippen LogP contribution < -0.4 is 5.32 Å². The molecule has 28 heavy (non-hydrogen) atoms. The summed E-state index contributed by atoms with van der Waals surface area (Å²) < 4.78 is 31.4. The second kappa shape index (κ2) is 9.53. The molecule has 0 unspecified atom stereocenters. The van der Waals surface area contributed by atoms with Crippen LogP contribution in [0.1, 0.15) is 43.0 Å². The van der Waals surface area contributed by atoms with E-state index < -0.39 is 15.9 Å². The molecule has 0 atom stereocenters. The number of sulfonamides is 1. The third kappa shape index (κ3) is 5.04. The van der Waals surface area contributed by atoms with Crippen LogP contribution in [0.3, 0.4) is 0 Å². The average Bonchev–Trinajstić information content (AvgIpc) is 3.14. The molecule has 3 rings (SSSR count). The lowest BCUT2D eigenvalue weighted by Gasteiger charge is -2.26. The summed E-state index contributed by atoms with van der Waals surface area (Å²) in [5.74, 6) is 0.385. The number of anilines is 1. The molecule has 0 aliphatic carbocycles. The van der Waals surface area contributed by atoms with Gasteiger partial charge in [0.15, 0.2) is 0 Å². The number of carbonyl (C=O) groups is 1. The van der Waals surface area contributed by atoms with Crippen molar-refractivity contribution in [1.29, 1.82) is 0 Å². The zero-order valence-corrected chi connectivity index (χ0v) is 18.6. The van der Waals surface area contributed by atoms with Gasteiger partial charge in [0.2, 0.25) is 20.3 Å². The number of thioether (sulfide) groups is 1. The van der Waals surface area contributed by atoms with Crippen LogP contribution in [0.15, 0.2) is 28.3 Å². The number of hydrogen-bond acceptors (Lipinski definition) is 7. The van der Waals surface area contributed by atoms with Gasteiger partial charge >= 0.3 is 0 Å². The van der Waals surface area contributed by atoms with Crippen LogP contribution in [0.25, 0.3) is 0 Å². The van der Waals surface area contributed by atoms with Crippen LogP contribution in [0.2, 0.25) is 5.02 Å². The van der Waals surface area contributed by atoms with Gasteiger partial charge in [-0.05, 0) is 37.5 Å². The molecule has 2 aromatic rings. The van der Waals surface area contributed by atoms with E-state index >= 15 is 0 Å². The fourth-order valence-electron chi connectivity index (χ4n) is 2.77. The molecule has 1 N–H and O–H groups in total. The maximum atomic E-state index is 12.9. The monoisotopic (exact) mass is 460 g/mol. The van der Waals surface area contributed by atoms with E-state index in [0.29, 0.717) is 23.4 Å². The number of piperidine rings is 1. The van der Waals surface area contributed by atoms with Crippen molar-refractivity contribution in [2.75, 3.05) is 24.2 Å². The molecular weight excluding hydrogens is 440 g/mol. The first-order valence-corrected chi connectivity index (χ1v) is 12.6. The number of hydrogen-bond donors (Lipinski definition) is 1. The van der Waals surface area contributed by atoms with Gasteiger partial charge in [-0.3, -0.25) is 10.1 Å². The molecule has 1 aromatic carbocycles. The lowest BCUT2D eigenvalue weighted by Crippen LogP contribution is -2.35. The third-order valence-electron chi connectivity index (χ3n) is 4.20. The van der Waals surface area contributed by atoms with Crippen molar-refractivity contribution >= 4 is 56.0 Å². The zero-order valence-electron chi connectivity index (χ0n) is 15.4. The molecule has 152 valence electrons. The molecule has 1 saturated heterocycles. The fraction of sp³-hybridized carbons (Fsp3) is 0.471. The number of benzene rings is 1. The Morgan fingerprint density at radius 2 is 2.07 bits per heavy atom. The highest BCUT2D eigenvalue weighted by molar-refractivity contribution is 7.99. The Morgan fingerprint density at radius 3 is 2.79 bits per heavy atom. The number of amides is 1. The fourth-order valence-corrected chi connectivity index (χ4v) is 5.91. The molecular formula is C17H21ClN4O3S3. The number of aromatic nitrogens is 2. The van der Waals surface area contributed by atoms with Gasteiger partial charge < -0.3 is 0 Å². The van der Waals surface area contributed by atoms with Crippen molar-refractivity contribution in [3.8, 4) is 0 Å². The van der Waals surface area contributed by atoms with E-state index in [2.05, 4.69) is 21.6 Å². The Hall–Kier alpha value is -1.20. The van der Waals surface area contributed by atoms with Gasteiger partial charge in [0, 0.05) is 30.4 Å². The summed E-state index contributed by atoms with van der Waals surface area (Å²) in [7, 11) is -3.65. The Bertz CT molecular complexity index is 943. The largest absolute Gasteiger partial charge is 0.297 e. The first kappa shape index (κ1) is 21.5. The minimum absolute atomic E-state index is 0.0698. The lowest BCUT2D eigenvalue weighted by molar-refractivity contribution is 0.102. The minimum Gasteiger partial charge on any atom is -0.297 e. The van der Waals surface area contributed by atoms with Crippen LogP contribution in [0.4, 0.5) is 5.13 Å². The van der Waals surface area contributed by atoms with Crippen LogP contribution in [0.5, 0.6) is 0 Å². The molecule has 1 fully saturated rings. The molecule has 0 radical (unpaired) electrons. The predicted octanol–water partition coefficient (Wildman–Crippen LogP) is 4.12. The number of halogens is 1. The van der Waals surface area contributed by atoms with E-state index in [0.717, 1.165) is 43.0 Å². The van der Waals surface area contributed by atoms with Crippen LogP contribution >= 0.6 is 34.9 Å². The molecule has 2 heterocycles. The van der Waals surface area contributed by atoms with Crippen molar-refractivity contribution in [3.05, 3.63) is 28.8 Å². The molecule has 1 aliphatic heterocycles. The maximum absolute atomic E-state index is 12.9. The molecule has 0 bridgehead atoms. The summed E-state index contributed by atoms with van der Waals surface area (Å²) in [5.41, 5.74) is 0.0951. The van der Waals surface area contributed by atoms with E-state index in [4.69, 9.17) is 11.6 Å². The Kier molecular flexibility index (Phi) is 7.32. The number of carbonyl (C=O) groups excluding carboxylic acids is 1. The smallest absolute Gasteiger partial charge is 0.259 e. The Labute approximate surface area is 178 Å². The third-order valence-corrected chi connectivity index (χ3v) is 8.22. The molecule has 7 nitrogen and oxygen atoms in total. The topological polar surface area (TPSA) is 92.3 Å². The summed E-state index contributed by atoms with van der Waals surface area (Å²) >= 11 is 8.75. The lowest BCUT2D eigenvalue weighted by atomic mass is 10.2. The summed E-state index contributed by atoms with van der Waals surface area (Å²) in [6.45, 7) is 3.06. The molecule has 11 heteroatoms. The summed E-state index contributed by atoms with van der Waals surface area (Å²) in [4.78, 5) is 17.0. The second-order valence-electron chi connectivity index (χ2n) is 6.29. The summed E-state index contributed by atoms with van der Waals surface area (Å²) in [6.07, 6.45) is 3.71. The quantitative estimate of drug-likeness (QED) is 0.625. The number of nitrogens with zero attached hydrogens (tertiary/aromatic N) is 3. The van der Waals surface area contributed by atoms with E-state index in [9.17, 15) is 13.2 Å². The number of rotatable bonds is 7. The maximum Gasteiger partial charge on any atom is 0.259 e.